The summed E-state index contributed by atoms with van der Waals surface area (Å²) in [6.07, 6.45) is 2.78. The topological polar surface area (TPSA) is 78.7 Å². The van der Waals surface area contributed by atoms with Gasteiger partial charge in [-0.05, 0) is 11.6 Å². The van der Waals surface area contributed by atoms with Gasteiger partial charge in [0.25, 0.3) is 5.69 Å². The lowest BCUT2D eigenvalue weighted by Gasteiger charge is -2.04. The highest BCUT2D eigenvalue weighted by atomic mass is 16.6. The van der Waals surface area contributed by atoms with E-state index in [1.165, 1.54) is 38.7 Å². The number of rotatable bonds is 4. The van der Waals surface area contributed by atoms with Gasteiger partial charge in [0.05, 0.1) is 25.4 Å². The molecular weight excluding hydrogens is 226 g/mol. The van der Waals surface area contributed by atoms with Gasteiger partial charge in [0.15, 0.2) is 0 Å². The first-order valence-corrected chi connectivity index (χ1v) is 4.67. The van der Waals surface area contributed by atoms with Crippen molar-refractivity contribution in [3.05, 3.63) is 45.7 Å². The van der Waals surface area contributed by atoms with E-state index in [9.17, 15) is 14.9 Å². The average molecular weight is 237 g/mol. The molecule has 0 fully saturated rings. The maximum Gasteiger partial charge on any atom is 0.345 e. The molecule has 0 aromatic heterocycles. The van der Waals surface area contributed by atoms with E-state index < -0.39 is 10.9 Å². The Morgan fingerprint density at radius 2 is 2.12 bits per heavy atom. The molecule has 6 heteroatoms. The Labute approximate surface area is 97.6 Å². The van der Waals surface area contributed by atoms with Crippen molar-refractivity contribution in [1.82, 2.24) is 0 Å². The number of esters is 1. The van der Waals surface area contributed by atoms with Crippen LogP contribution in [0.4, 0.5) is 5.69 Å². The molecule has 0 saturated heterocycles. The molecule has 1 aromatic carbocycles. The number of nitro groups is 1. The summed E-state index contributed by atoms with van der Waals surface area (Å²) in [4.78, 5) is 21.7. The summed E-state index contributed by atoms with van der Waals surface area (Å²) in [5.41, 5.74) is -0.0173. The van der Waals surface area contributed by atoms with Crippen LogP contribution in [0.2, 0.25) is 0 Å². The number of ether oxygens (including phenoxy) is 2. The maximum absolute atomic E-state index is 11.5. The predicted molar refractivity (Wildman–Crippen MR) is 60.5 cm³/mol. The zero-order chi connectivity index (χ0) is 12.8. The Kier molecular flexibility index (Phi) is 4.21. The van der Waals surface area contributed by atoms with Gasteiger partial charge in [-0.15, -0.1) is 0 Å². The minimum atomic E-state index is -0.756. The molecule has 0 unspecified atom stereocenters. The van der Waals surface area contributed by atoms with Crippen LogP contribution in [0.1, 0.15) is 15.9 Å². The van der Waals surface area contributed by atoms with Crippen molar-refractivity contribution in [2.24, 2.45) is 0 Å². The molecule has 0 atom stereocenters. The summed E-state index contributed by atoms with van der Waals surface area (Å²) in [6.45, 7) is 0. The van der Waals surface area contributed by atoms with E-state index in [0.717, 1.165) is 0 Å². The van der Waals surface area contributed by atoms with Gasteiger partial charge in [-0.1, -0.05) is 12.1 Å². The number of nitrogens with zero attached hydrogens (tertiary/aromatic N) is 1. The minimum Gasteiger partial charge on any atom is -0.504 e. The van der Waals surface area contributed by atoms with Crippen molar-refractivity contribution < 1.29 is 19.2 Å². The molecule has 0 N–H and O–H groups in total. The third kappa shape index (κ3) is 2.81. The molecule has 6 nitrogen and oxygen atoms in total. The number of hydrogen-bond acceptors (Lipinski definition) is 5. The normalized spacial score (nSPS) is 10.2. The molecule has 0 saturated carbocycles. The van der Waals surface area contributed by atoms with Gasteiger partial charge < -0.3 is 9.47 Å². The summed E-state index contributed by atoms with van der Waals surface area (Å²) in [7, 11) is 2.61. The molecule has 90 valence electrons. The highest BCUT2D eigenvalue weighted by Crippen LogP contribution is 2.24. The second-order valence-corrected chi connectivity index (χ2v) is 3.03. The van der Waals surface area contributed by atoms with Crippen LogP contribution in [0.25, 0.3) is 6.08 Å². The first-order chi connectivity index (χ1) is 8.11. The number of carbonyl (C=O) groups excluding carboxylic acids is 1. The number of nitro benzene ring substituents is 1. The second kappa shape index (κ2) is 5.64. The predicted octanol–water partition coefficient (Wildman–Crippen LogP) is 2.00. The van der Waals surface area contributed by atoms with E-state index in [-0.39, 0.29) is 11.3 Å². The van der Waals surface area contributed by atoms with Crippen molar-refractivity contribution >= 4 is 17.7 Å². The van der Waals surface area contributed by atoms with Crippen molar-refractivity contribution in [3.63, 3.8) is 0 Å². The zero-order valence-electron chi connectivity index (χ0n) is 9.38. The molecule has 0 aliphatic carbocycles. The Balaban J connectivity index is 3.39. The quantitative estimate of drug-likeness (QED) is 0.346. The number of benzene rings is 1. The number of methoxy groups -OCH3 is 2. The van der Waals surface area contributed by atoms with E-state index >= 15 is 0 Å². The van der Waals surface area contributed by atoms with Crippen LogP contribution in [-0.4, -0.2) is 25.1 Å². The first kappa shape index (κ1) is 12.7. The van der Waals surface area contributed by atoms with Gasteiger partial charge in [-0.3, -0.25) is 10.1 Å². The molecule has 0 aliphatic rings. The fourth-order valence-corrected chi connectivity index (χ4v) is 1.31. The van der Waals surface area contributed by atoms with Gasteiger partial charge in [0.1, 0.15) is 5.56 Å². The van der Waals surface area contributed by atoms with Crippen LogP contribution < -0.4 is 0 Å². The van der Waals surface area contributed by atoms with Crippen LogP contribution in [0.15, 0.2) is 24.5 Å². The van der Waals surface area contributed by atoms with Crippen molar-refractivity contribution in [2.75, 3.05) is 14.2 Å². The van der Waals surface area contributed by atoms with E-state index in [0.29, 0.717) is 5.56 Å². The van der Waals surface area contributed by atoms with Crippen LogP contribution in [0, 0.1) is 10.1 Å². The summed E-state index contributed by atoms with van der Waals surface area (Å²) < 4.78 is 9.24. The van der Waals surface area contributed by atoms with Crippen LogP contribution in [0.3, 0.4) is 0 Å². The average Bonchev–Trinajstić information content (AvgIpc) is 2.34. The van der Waals surface area contributed by atoms with Crippen LogP contribution >= 0.6 is 0 Å². The summed E-state index contributed by atoms with van der Waals surface area (Å²) in [5.74, 6) is -0.756. The lowest BCUT2D eigenvalue weighted by molar-refractivity contribution is -0.385. The monoisotopic (exact) mass is 237 g/mol. The van der Waals surface area contributed by atoms with Crippen molar-refractivity contribution in [3.8, 4) is 0 Å². The third-order valence-corrected chi connectivity index (χ3v) is 2.04. The minimum absolute atomic E-state index is 0.0895. The standard InChI is InChI=1S/C11H11NO5/c1-16-7-6-8-4-3-5-9(12(14)15)10(8)11(13)17-2/h3-7H,1-2H3/b7-6+. The van der Waals surface area contributed by atoms with E-state index in [4.69, 9.17) is 4.74 Å². The Morgan fingerprint density at radius 3 is 2.65 bits per heavy atom. The SMILES string of the molecule is CO/C=C/c1cccc([N+](=O)[O-])c1C(=O)OC. The van der Waals surface area contributed by atoms with Gasteiger partial charge >= 0.3 is 5.97 Å². The molecule has 1 aromatic rings. The molecule has 1 rings (SSSR count). The fraction of sp³-hybridized carbons (Fsp3) is 0.182. The molecule has 0 amide bonds. The molecule has 0 heterocycles. The lowest BCUT2D eigenvalue weighted by atomic mass is 10.1. The molecular formula is C11H11NO5. The van der Waals surface area contributed by atoms with Gasteiger partial charge in [-0.25, -0.2) is 4.79 Å². The van der Waals surface area contributed by atoms with Crippen LogP contribution in [-0.2, 0) is 9.47 Å². The van der Waals surface area contributed by atoms with Crippen LogP contribution in [0.5, 0.6) is 0 Å². The fourth-order valence-electron chi connectivity index (χ4n) is 1.31. The van der Waals surface area contributed by atoms with Gasteiger partial charge in [-0.2, -0.15) is 0 Å². The van der Waals surface area contributed by atoms with E-state index in [1.807, 2.05) is 0 Å². The van der Waals surface area contributed by atoms with Crippen molar-refractivity contribution in [2.45, 2.75) is 0 Å². The zero-order valence-corrected chi connectivity index (χ0v) is 9.38. The molecule has 17 heavy (non-hydrogen) atoms. The highest BCUT2D eigenvalue weighted by Gasteiger charge is 2.23. The van der Waals surface area contributed by atoms with Crippen molar-refractivity contribution in [1.29, 1.82) is 0 Å². The summed E-state index contributed by atoms with van der Waals surface area (Å²) in [5, 5.41) is 10.8. The summed E-state index contributed by atoms with van der Waals surface area (Å²) in [6, 6.07) is 4.30. The first-order valence-electron chi connectivity index (χ1n) is 4.67. The van der Waals surface area contributed by atoms with E-state index in [2.05, 4.69) is 4.74 Å². The van der Waals surface area contributed by atoms with Gasteiger partial charge in [0, 0.05) is 6.07 Å². The molecule has 0 spiro atoms. The lowest BCUT2D eigenvalue weighted by Crippen LogP contribution is -2.07. The van der Waals surface area contributed by atoms with Gasteiger partial charge in [0.2, 0.25) is 0 Å². The largest absolute Gasteiger partial charge is 0.504 e. The third-order valence-electron chi connectivity index (χ3n) is 2.04. The molecule has 0 aliphatic heterocycles. The summed E-state index contributed by atoms with van der Waals surface area (Å²) >= 11 is 0. The molecule has 0 radical (unpaired) electrons. The molecule has 0 bridgehead atoms. The maximum atomic E-state index is 11.5. The highest BCUT2D eigenvalue weighted by molar-refractivity contribution is 5.97. The Bertz CT molecular complexity index is 467. The van der Waals surface area contributed by atoms with E-state index in [1.54, 1.807) is 6.07 Å². The number of carbonyl (C=O) groups is 1. The Morgan fingerprint density at radius 1 is 1.41 bits per heavy atom. The number of hydrogen-bond donors (Lipinski definition) is 0. The Hall–Kier alpha value is -2.37. The smallest absolute Gasteiger partial charge is 0.345 e. The second-order valence-electron chi connectivity index (χ2n) is 3.03.